The van der Waals surface area contributed by atoms with Crippen molar-refractivity contribution < 1.29 is 9.53 Å². The SMILES string of the molecule is CCCCCOc1ccc(C(=O)NC(C)(C)C)cc1N. The van der Waals surface area contributed by atoms with Gasteiger partial charge in [0.1, 0.15) is 5.75 Å². The molecule has 112 valence electrons. The van der Waals surface area contributed by atoms with Gasteiger partial charge in [-0.25, -0.2) is 0 Å². The first-order valence-corrected chi connectivity index (χ1v) is 7.18. The van der Waals surface area contributed by atoms with Gasteiger partial charge in [-0.15, -0.1) is 0 Å². The lowest BCUT2D eigenvalue weighted by atomic mass is 10.1. The zero-order valence-corrected chi connectivity index (χ0v) is 13.0. The van der Waals surface area contributed by atoms with Crippen LogP contribution in [0.1, 0.15) is 57.3 Å². The molecule has 4 nitrogen and oxygen atoms in total. The van der Waals surface area contributed by atoms with E-state index in [2.05, 4.69) is 12.2 Å². The zero-order chi connectivity index (χ0) is 15.2. The van der Waals surface area contributed by atoms with Crippen molar-refractivity contribution in [1.29, 1.82) is 0 Å². The number of carbonyl (C=O) groups excluding carboxylic acids is 1. The zero-order valence-electron chi connectivity index (χ0n) is 13.0. The number of hydrogen-bond donors (Lipinski definition) is 2. The molecule has 1 amide bonds. The Bertz CT molecular complexity index is 450. The molecular weight excluding hydrogens is 252 g/mol. The highest BCUT2D eigenvalue weighted by atomic mass is 16.5. The van der Waals surface area contributed by atoms with Gasteiger partial charge in [0, 0.05) is 11.1 Å². The van der Waals surface area contributed by atoms with E-state index in [1.165, 1.54) is 0 Å². The Kier molecular flexibility index (Phi) is 5.86. The molecule has 1 rings (SSSR count). The summed E-state index contributed by atoms with van der Waals surface area (Å²) in [6.07, 6.45) is 3.32. The Balaban J connectivity index is 2.65. The predicted octanol–water partition coefficient (Wildman–Crippen LogP) is 3.37. The summed E-state index contributed by atoms with van der Waals surface area (Å²) in [6, 6.07) is 5.17. The van der Waals surface area contributed by atoms with Crippen molar-refractivity contribution in [3.05, 3.63) is 23.8 Å². The van der Waals surface area contributed by atoms with Crippen LogP contribution in [-0.2, 0) is 0 Å². The molecule has 0 radical (unpaired) electrons. The number of rotatable bonds is 6. The second-order valence-electron chi connectivity index (χ2n) is 6.01. The van der Waals surface area contributed by atoms with Crippen LogP contribution in [0.15, 0.2) is 18.2 Å². The van der Waals surface area contributed by atoms with E-state index in [-0.39, 0.29) is 11.4 Å². The molecule has 3 N–H and O–H groups in total. The van der Waals surface area contributed by atoms with Crippen LogP contribution in [0.3, 0.4) is 0 Å². The van der Waals surface area contributed by atoms with Gasteiger partial charge in [0.15, 0.2) is 0 Å². The molecule has 0 aliphatic heterocycles. The van der Waals surface area contributed by atoms with E-state index in [1.807, 2.05) is 20.8 Å². The molecule has 0 heterocycles. The predicted molar refractivity (Wildman–Crippen MR) is 83.1 cm³/mol. The topological polar surface area (TPSA) is 64.3 Å². The van der Waals surface area contributed by atoms with E-state index in [9.17, 15) is 4.79 Å². The van der Waals surface area contributed by atoms with Gasteiger partial charge in [-0.05, 0) is 45.4 Å². The van der Waals surface area contributed by atoms with E-state index in [0.29, 0.717) is 23.6 Å². The molecule has 0 bridgehead atoms. The van der Waals surface area contributed by atoms with Gasteiger partial charge in [0.05, 0.1) is 12.3 Å². The number of carbonyl (C=O) groups is 1. The summed E-state index contributed by atoms with van der Waals surface area (Å²) < 4.78 is 5.62. The lowest BCUT2D eigenvalue weighted by molar-refractivity contribution is 0.0919. The normalized spacial score (nSPS) is 11.2. The molecule has 0 fully saturated rings. The van der Waals surface area contributed by atoms with E-state index in [4.69, 9.17) is 10.5 Å². The lowest BCUT2D eigenvalue weighted by Gasteiger charge is -2.20. The summed E-state index contributed by atoms with van der Waals surface area (Å²) in [6.45, 7) is 8.64. The van der Waals surface area contributed by atoms with Crippen molar-refractivity contribution in [2.75, 3.05) is 12.3 Å². The highest BCUT2D eigenvalue weighted by Crippen LogP contribution is 2.23. The van der Waals surface area contributed by atoms with Gasteiger partial charge >= 0.3 is 0 Å². The molecule has 20 heavy (non-hydrogen) atoms. The van der Waals surface area contributed by atoms with Crippen LogP contribution in [0.5, 0.6) is 5.75 Å². The van der Waals surface area contributed by atoms with Gasteiger partial charge < -0.3 is 15.8 Å². The molecule has 0 saturated heterocycles. The van der Waals surface area contributed by atoms with Gasteiger partial charge in [0.2, 0.25) is 0 Å². The van der Waals surface area contributed by atoms with Crippen molar-refractivity contribution >= 4 is 11.6 Å². The second-order valence-corrected chi connectivity index (χ2v) is 6.01. The smallest absolute Gasteiger partial charge is 0.251 e. The van der Waals surface area contributed by atoms with Crippen molar-refractivity contribution in [2.45, 2.75) is 52.5 Å². The van der Waals surface area contributed by atoms with Crippen LogP contribution >= 0.6 is 0 Å². The van der Waals surface area contributed by atoms with Crippen LogP contribution in [0.2, 0.25) is 0 Å². The van der Waals surface area contributed by atoms with Crippen molar-refractivity contribution in [1.82, 2.24) is 5.32 Å². The number of nitrogens with one attached hydrogen (secondary N) is 1. The molecule has 0 saturated carbocycles. The number of amides is 1. The van der Waals surface area contributed by atoms with Gasteiger partial charge in [-0.2, -0.15) is 0 Å². The van der Waals surface area contributed by atoms with Gasteiger partial charge in [-0.3, -0.25) is 4.79 Å². The third kappa shape index (κ3) is 5.51. The first-order valence-electron chi connectivity index (χ1n) is 7.18. The van der Waals surface area contributed by atoms with Crippen molar-refractivity contribution in [2.24, 2.45) is 0 Å². The number of ether oxygens (including phenoxy) is 1. The summed E-state index contributed by atoms with van der Waals surface area (Å²) in [7, 11) is 0. The molecule has 4 heteroatoms. The summed E-state index contributed by atoms with van der Waals surface area (Å²) >= 11 is 0. The lowest BCUT2D eigenvalue weighted by Crippen LogP contribution is -2.40. The highest BCUT2D eigenvalue weighted by molar-refractivity contribution is 5.95. The summed E-state index contributed by atoms with van der Waals surface area (Å²) in [5.74, 6) is 0.523. The maximum atomic E-state index is 12.0. The fraction of sp³-hybridized carbons (Fsp3) is 0.562. The van der Waals surface area contributed by atoms with Gasteiger partial charge in [0.25, 0.3) is 5.91 Å². The Hall–Kier alpha value is -1.71. The largest absolute Gasteiger partial charge is 0.491 e. The number of hydrogen-bond acceptors (Lipinski definition) is 3. The average molecular weight is 278 g/mol. The van der Waals surface area contributed by atoms with Gasteiger partial charge in [-0.1, -0.05) is 19.8 Å². The van der Waals surface area contributed by atoms with Crippen LogP contribution < -0.4 is 15.8 Å². The first kappa shape index (κ1) is 16.3. The van der Waals surface area contributed by atoms with Crippen LogP contribution in [0.25, 0.3) is 0 Å². The van der Waals surface area contributed by atoms with Crippen molar-refractivity contribution in [3.63, 3.8) is 0 Å². The number of benzene rings is 1. The fourth-order valence-electron chi connectivity index (χ4n) is 1.77. The maximum absolute atomic E-state index is 12.0. The molecule has 0 aliphatic rings. The quantitative estimate of drug-likeness (QED) is 0.619. The Labute approximate surface area is 121 Å². The van der Waals surface area contributed by atoms with Crippen molar-refractivity contribution in [3.8, 4) is 5.75 Å². The van der Waals surface area contributed by atoms with E-state index in [1.54, 1.807) is 18.2 Å². The fourth-order valence-corrected chi connectivity index (χ4v) is 1.77. The standard InChI is InChI=1S/C16H26N2O2/c1-5-6-7-10-20-14-9-8-12(11-13(14)17)15(19)18-16(2,3)4/h8-9,11H,5-7,10,17H2,1-4H3,(H,18,19). The first-order chi connectivity index (χ1) is 9.33. The minimum absolute atomic E-state index is 0.123. The average Bonchev–Trinajstić information content (AvgIpc) is 2.34. The summed E-state index contributed by atoms with van der Waals surface area (Å²) in [5, 5.41) is 2.91. The third-order valence-corrected chi connectivity index (χ3v) is 2.77. The Morgan fingerprint density at radius 3 is 2.55 bits per heavy atom. The molecule has 0 atom stereocenters. The van der Waals surface area contributed by atoms with E-state index >= 15 is 0 Å². The molecular formula is C16H26N2O2. The second kappa shape index (κ2) is 7.17. The minimum Gasteiger partial charge on any atom is -0.491 e. The summed E-state index contributed by atoms with van der Waals surface area (Å²) in [5.41, 5.74) is 6.73. The molecule has 1 aromatic carbocycles. The number of nitrogen functional groups attached to an aromatic ring is 1. The maximum Gasteiger partial charge on any atom is 0.251 e. The number of anilines is 1. The molecule has 0 aromatic heterocycles. The third-order valence-electron chi connectivity index (χ3n) is 2.77. The molecule has 1 aromatic rings. The molecule has 0 aliphatic carbocycles. The monoisotopic (exact) mass is 278 g/mol. The van der Waals surface area contributed by atoms with Crippen LogP contribution in [0, 0.1) is 0 Å². The summed E-state index contributed by atoms with van der Waals surface area (Å²) in [4.78, 5) is 12.0. The van der Waals surface area contributed by atoms with Crippen LogP contribution in [0.4, 0.5) is 5.69 Å². The number of nitrogens with two attached hydrogens (primary N) is 1. The highest BCUT2D eigenvalue weighted by Gasteiger charge is 2.16. The van der Waals surface area contributed by atoms with E-state index in [0.717, 1.165) is 19.3 Å². The van der Waals surface area contributed by atoms with E-state index < -0.39 is 0 Å². The Morgan fingerprint density at radius 2 is 2.00 bits per heavy atom. The van der Waals surface area contributed by atoms with Crippen LogP contribution in [-0.4, -0.2) is 18.1 Å². The Morgan fingerprint density at radius 1 is 1.30 bits per heavy atom. The number of unbranched alkanes of at least 4 members (excludes halogenated alkanes) is 2. The minimum atomic E-state index is -0.263. The molecule has 0 unspecified atom stereocenters. The molecule has 0 spiro atoms.